The molecule has 0 radical (unpaired) electrons. The van der Waals surface area contributed by atoms with Crippen LogP contribution in [0.25, 0.3) is 11.4 Å². The van der Waals surface area contributed by atoms with Gasteiger partial charge in [-0.3, -0.25) is 19.7 Å². The first-order valence-electron chi connectivity index (χ1n) is 11.4. The molecule has 4 aromatic heterocycles. The number of primary amides is 1. The smallest absolute Gasteiger partial charge is 0.270 e. The van der Waals surface area contributed by atoms with E-state index in [9.17, 15) is 9.59 Å². The van der Waals surface area contributed by atoms with Crippen molar-refractivity contribution in [1.82, 2.24) is 35.6 Å². The summed E-state index contributed by atoms with van der Waals surface area (Å²) in [5.74, 6) is 0.678. The molecule has 2 amide bonds. The third-order valence-electron chi connectivity index (χ3n) is 5.63. The number of carbonyl (C=O) groups excluding carboxylic acids is 2. The Morgan fingerprint density at radius 2 is 2.08 bits per heavy atom. The van der Waals surface area contributed by atoms with E-state index in [1.807, 2.05) is 36.1 Å². The molecule has 0 aromatic carbocycles. The standard InChI is InChI=1S/C23H24N10O3/c1-13-9-21(31-30-13)28-20-11-16(22(35)26-12-19(24)34)27-23(29-20)33-8-4-6-17(33)18-10-15(32-36-18)14-5-2-3-7-25-14/h2-3,5,7,9-11,17H,4,6,8,12H2,1H3,(H2,24,34)(H,26,35)(H2,27,28,29,30,31)/t17-/m0/s1. The van der Waals surface area contributed by atoms with Crippen molar-refractivity contribution in [1.29, 1.82) is 0 Å². The molecule has 5 rings (SSSR count). The SMILES string of the molecule is Cc1cc(Nc2cc(C(=O)NCC(N)=O)nc(N3CCC[C@H]3c3cc(-c4ccccn4)no3)n2)n[nH]1. The van der Waals surface area contributed by atoms with Crippen molar-refractivity contribution in [3.05, 3.63) is 59.7 Å². The van der Waals surface area contributed by atoms with Gasteiger partial charge in [0.1, 0.15) is 17.2 Å². The zero-order chi connectivity index (χ0) is 25.1. The lowest BCUT2D eigenvalue weighted by atomic mass is 10.1. The summed E-state index contributed by atoms with van der Waals surface area (Å²) in [6.45, 7) is 2.22. The van der Waals surface area contributed by atoms with E-state index in [1.165, 1.54) is 6.07 Å². The van der Waals surface area contributed by atoms with Crippen molar-refractivity contribution in [3.8, 4) is 11.4 Å². The number of pyridine rings is 1. The van der Waals surface area contributed by atoms with Gasteiger partial charge in [0.05, 0.1) is 18.3 Å². The monoisotopic (exact) mass is 488 g/mol. The van der Waals surface area contributed by atoms with Gasteiger partial charge in [0.2, 0.25) is 11.9 Å². The van der Waals surface area contributed by atoms with Crippen molar-refractivity contribution in [2.45, 2.75) is 25.8 Å². The Hall–Kier alpha value is -4.81. The number of anilines is 3. The molecule has 0 spiro atoms. The van der Waals surface area contributed by atoms with Crippen molar-refractivity contribution in [3.63, 3.8) is 0 Å². The van der Waals surface area contributed by atoms with Gasteiger partial charge >= 0.3 is 0 Å². The van der Waals surface area contributed by atoms with E-state index in [1.54, 1.807) is 12.3 Å². The maximum absolute atomic E-state index is 12.7. The Kier molecular flexibility index (Phi) is 6.26. The van der Waals surface area contributed by atoms with Crippen LogP contribution < -0.4 is 21.3 Å². The third-order valence-corrected chi connectivity index (χ3v) is 5.63. The Morgan fingerprint density at radius 3 is 2.83 bits per heavy atom. The number of carbonyl (C=O) groups is 2. The van der Waals surface area contributed by atoms with Crippen molar-refractivity contribution in [2.75, 3.05) is 23.3 Å². The lowest BCUT2D eigenvalue weighted by Gasteiger charge is -2.23. The van der Waals surface area contributed by atoms with Gasteiger partial charge in [-0.05, 0) is 31.9 Å². The number of aromatic nitrogens is 6. The minimum atomic E-state index is -0.656. The Balaban J connectivity index is 1.46. The molecule has 1 aliphatic heterocycles. The highest BCUT2D eigenvalue weighted by atomic mass is 16.5. The highest BCUT2D eigenvalue weighted by molar-refractivity contribution is 5.95. The molecule has 0 aliphatic carbocycles. The van der Waals surface area contributed by atoms with Gasteiger partial charge in [0.15, 0.2) is 11.6 Å². The number of aryl methyl sites for hydroxylation is 1. The molecule has 0 bridgehead atoms. The first kappa shape index (κ1) is 23.0. The second-order valence-electron chi connectivity index (χ2n) is 8.33. The van der Waals surface area contributed by atoms with E-state index in [4.69, 9.17) is 10.3 Å². The Labute approximate surface area is 205 Å². The topological polar surface area (TPSA) is 181 Å². The largest absolute Gasteiger partial charge is 0.368 e. The zero-order valence-corrected chi connectivity index (χ0v) is 19.4. The quantitative estimate of drug-likeness (QED) is 0.286. The lowest BCUT2D eigenvalue weighted by molar-refractivity contribution is -0.117. The van der Waals surface area contributed by atoms with Crippen molar-refractivity contribution >= 4 is 29.4 Å². The van der Waals surface area contributed by atoms with Gasteiger partial charge < -0.3 is 25.8 Å². The third kappa shape index (κ3) is 4.99. The van der Waals surface area contributed by atoms with Crippen LogP contribution in [0, 0.1) is 6.92 Å². The second kappa shape index (κ2) is 9.82. The minimum absolute atomic E-state index is 0.0772. The van der Waals surface area contributed by atoms with Crippen LogP contribution in [-0.4, -0.2) is 55.2 Å². The predicted octanol–water partition coefficient (Wildman–Crippen LogP) is 1.86. The van der Waals surface area contributed by atoms with Crippen LogP contribution in [0.5, 0.6) is 0 Å². The van der Waals surface area contributed by atoms with Gasteiger partial charge in [0.25, 0.3) is 5.91 Å². The van der Waals surface area contributed by atoms with Gasteiger partial charge in [-0.1, -0.05) is 11.2 Å². The van der Waals surface area contributed by atoms with E-state index in [-0.39, 0.29) is 18.3 Å². The number of H-pyrrole nitrogens is 1. The Morgan fingerprint density at radius 1 is 1.19 bits per heavy atom. The first-order chi connectivity index (χ1) is 17.5. The average Bonchev–Trinajstić information content (AvgIpc) is 3.63. The molecule has 1 fully saturated rings. The number of nitrogens with two attached hydrogens (primary N) is 1. The normalized spacial score (nSPS) is 15.1. The number of hydrogen-bond acceptors (Lipinski definition) is 10. The van der Waals surface area contributed by atoms with Crippen LogP contribution in [-0.2, 0) is 4.79 Å². The van der Waals surface area contributed by atoms with E-state index in [0.29, 0.717) is 41.3 Å². The average molecular weight is 489 g/mol. The number of amides is 2. The molecule has 13 heteroatoms. The summed E-state index contributed by atoms with van der Waals surface area (Å²) in [7, 11) is 0. The summed E-state index contributed by atoms with van der Waals surface area (Å²) < 4.78 is 5.68. The molecule has 36 heavy (non-hydrogen) atoms. The maximum Gasteiger partial charge on any atom is 0.270 e. The van der Waals surface area contributed by atoms with E-state index in [2.05, 4.69) is 40.9 Å². The van der Waals surface area contributed by atoms with Crippen LogP contribution >= 0.6 is 0 Å². The summed E-state index contributed by atoms with van der Waals surface area (Å²) >= 11 is 0. The molecule has 5 heterocycles. The number of nitrogens with one attached hydrogen (secondary N) is 3. The highest BCUT2D eigenvalue weighted by Crippen LogP contribution is 2.36. The number of rotatable bonds is 8. The molecule has 4 aromatic rings. The van der Waals surface area contributed by atoms with E-state index in [0.717, 1.165) is 18.5 Å². The fourth-order valence-electron chi connectivity index (χ4n) is 4.00. The molecule has 1 aliphatic rings. The van der Waals surface area contributed by atoms with Gasteiger partial charge in [-0.2, -0.15) is 10.1 Å². The van der Waals surface area contributed by atoms with Crippen LogP contribution in [0.2, 0.25) is 0 Å². The molecule has 13 nitrogen and oxygen atoms in total. The van der Waals surface area contributed by atoms with Crippen LogP contribution in [0.3, 0.4) is 0 Å². The number of hydrogen-bond donors (Lipinski definition) is 4. The minimum Gasteiger partial charge on any atom is -0.368 e. The molecule has 0 saturated carbocycles. The Bertz CT molecular complexity index is 1380. The van der Waals surface area contributed by atoms with E-state index < -0.39 is 11.8 Å². The molecule has 184 valence electrons. The predicted molar refractivity (Wildman–Crippen MR) is 129 cm³/mol. The van der Waals surface area contributed by atoms with Gasteiger partial charge in [-0.25, -0.2) is 4.98 Å². The summed E-state index contributed by atoms with van der Waals surface area (Å²) in [5.41, 5.74) is 7.45. The van der Waals surface area contributed by atoms with Crippen LogP contribution in [0.4, 0.5) is 17.6 Å². The summed E-state index contributed by atoms with van der Waals surface area (Å²) in [5, 5.41) is 16.8. The molecular formula is C23H24N10O3. The first-order valence-corrected chi connectivity index (χ1v) is 11.4. The fourth-order valence-corrected chi connectivity index (χ4v) is 4.00. The summed E-state index contributed by atoms with van der Waals surface area (Å²) in [6, 6.07) is 10.6. The van der Waals surface area contributed by atoms with Gasteiger partial charge in [0, 0.05) is 36.6 Å². The maximum atomic E-state index is 12.7. The molecule has 1 saturated heterocycles. The van der Waals surface area contributed by atoms with Crippen LogP contribution in [0.15, 0.2) is 47.1 Å². The summed E-state index contributed by atoms with van der Waals surface area (Å²) in [4.78, 5) is 39.3. The zero-order valence-electron chi connectivity index (χ0n) is 19.4. The summed E-state index contributed by atoms with van der Waals surface area (Å²) in [6.07, 6.45) is 3.36. The molecule has 1 atom stereocenters. The van der Waals surface area contributed by atoms with Crippen LogP contribution in [0.1, 0.15) is 40.8 Å². The molecule has 0 unspecified atom stereocenters. The number of aromatic amines is 1. The molecular weight excluding hydrogens is 464 g/mol. The van der Waals surface area contributed by atoms with E-state index >= 15 is 0 Å². The second-order valence-corrected chi connectivity index (χ2v) is 8.33. The fraction of sp³-hybridized carbons (Fsp3) is 0.261. The molecule has 5 N–H and O–H groups in total. The number of nitrogens with zero attached hydrogens (tertiary/aromatic N) is 6. The van der Waals surface area contributed by atoms with Crippen molar-refractivity contribution in [2.24, 2.45) is 5.73 Å². The van der Waals surface area contributed by atoms with Gasteiger partial charge in [-0.15, -0.1) is 0 Å². The lowest BCUT2D eigenvalue weighted by Crippen LogP contribution is -2.34. The highest BCUT2D eigenvalue weighted by Gasteiger charge is 2.32. The van der Waals surface area contributed by atoms with Crippen molar-refractivity contribution < 1.29 is 14.1 Å².